The highest BCUT2D eigenvalue weighted by Crippen LogP contribution is 2.34. The molecule has 1 unspecified atom stereocenters. The van der Waals surface area contributed by atoms with E-state index in [-0.39, 0.29) is 18.5 Å². The SMILES string of the molecule is CC1(C(=O)O)CCc2c(C(=O)O)c(O)cc(=O)n21. The molecule has 1 atom stereocenters. The molecule has 0 aromatic carbocycles. The summed E-state index contributed by atoms with van der Waals surface area (Å²) >= 11 is 0. The highest BCUT2D eigenvalue weighted by molar-refractivity contribution is 5.92. The third-order valence-electron chi connectivity index (χ3n) is 3.31. The van der Waals surface area contributed by atoms with Crippen LogP contribution < -0.4 is 5.56 Å². The van der Waals surface area contributed by atoms with E-state index in [1.165, 1.54) is 6.92 Å². The minimum atomic E-state index is -1.47. The predicted molar refractivity (Wildman–Crippen MR) is 58.9 cm³/mol. The van der Waals surface area contributed by atoms with Crippen LogP contribution in [-0.2, 0) is 16.8 Å². The Hall–Kier alpha value is -2.31. The fourth-order valence-corrected chi connectivity index (χ4v) is 2.33. The summed E-state index contributed by atoms with van der Waals surface area (Å²) in [5, 5.41) is 27.7. The lowest BCUT2D eigenvalue weighted by atomic mass is 10.00. The van der Waals surface area contributed by atoms with Crippen molar-refractivity contribution >= 4 is 11.9 Å². The lowest BCUT2D eigenvalue weighted by Gasteiger charge is -2.22. The molecule has 18 heavy (non-hydrogen) atoms. The number of aromatic carboxylic acids is 1. The quantitative estimate of drug-likeness (QED) is 0.682. The van der Waals surface area contributed by atoms with E-state index in [2.05, 4.69) is 0 Å². The molecule has 2 heterocycles. The largest absolute Gasteiger partial charge is 0.507 e. The summed E-state index contributed by atoms with van der Waals surface area (Å²) in [6.45, 7) is 1.36. The summed E-state index contributed by atoms with van der Waals surface area (Å²) in [7, 11) is 0. The number of aromatic nitrogens is 1. The van der Waals surface area contributed by atoms with Gasteiger partial charge in [-0.15, -0.1) is 0 Å². The van der Waals surface area contributed by atoms with Gasteiger partial charge in [-0.05, 0) is 19.8 Å². The standard InChI is InChI=1S/C11H11NO6/c1-11(10(17)18)3-2-5-8(9(15)16)6(13)4-7(14)12(5)11/h4,13H,2-3H2,1H3,(H,15,16)(H,17,18). The van der Waals surface area contributed by atoms with Crippen LogP contribution in [0.3, 0.4) is 0 Å². The zero-order chi connectivity index (χ0) is 13.7. The number of nitrogens with zero attached hydrogens (tertiary/aromatic N) is 1. The molecule has 1 aromatic rings. The van der Waals surface area contributed by atoms with Crippen LogP contribution in [0, 0.1) is 0 Å². The van der Waals surface area contributed by atoms with E-state index < -0.39 is 34.3 Å². The summed E-state index contributed by atoms with van der Waals surface area (Å²) in [5.74, 6) is -3.22. The smallest absolute Gasteiger partial charge is 0.341 e. The van der Waals surface area contributed by atoms with Gasteiger partial charge >= 0.3 is 11.9 Å². The molecule has 7 heteroatoms. The van der Waals surface area contributed by atoms with Crippen molar-refractivity contribution < 1.29 is 24.9 Å². The average molecular weight is 253 g/mol. The molecule has 2 rings (SSSR count). The van der Waals surface area contributed by atoms with Gasteiger partial charge in [-0.3, -0.25) is 9.36 Å². The van der Waals surface area contributed by atoms with Crippen LogP contribution in [0.25, 0.3) is 0 Å². The van der Waals surface area contributed by atoms with Crippen molar-refractivity contribution in [3.8, 4) is 5.75 Å². The number of aromatic hydroxyl groups is 1. The van der Waals surface area contributed by atoms with E-state index in [1.807, 2.05) is 0 Å². The molecule has 0 radical (unpaired) electrons. The normalized spacial score (nSPS) is 21.6. The molecule has 96 valence electrons. The molecule has 0 saturated heterocycles. The second-order valence-electron chi connectivity index (χ2n) is 4.41. The second-order valence-corrected chi connectivity index (χ2v) is 4.41. The summed E-state index contributed by atoms with van der Waals surface area (Å²) in [6.07, 6.45) is 0.232. The Morgan fingerprint density at radius 2 is 2.00 bits per heavy atom. The maximum atomic E-state index is 11.8. The van der Waals surface area contributed by atoms with Gasteiger partial charge in [-0.1, -0.05) is 0 Å². The number of rotatable bonds is 2. The number of hydrogen-bond donors (Lipinski definition) is 3. The molecule has 0 aliphatic carbocycles. The van der Waals surface area contributed by atoms with Crippen LogP contribution in [0.5, 0.6) is 5.75 Å². The number of carbonyl (C=O) groups is 2. The van der Waals surface area contributed by atoms with Gasteiger partial charge in [0.15, 0.2) is 0 Å². The van der Waals surface area contributed by atoms with Crippen molar-refractivity contribution in [3.63, 3.8) is 0 Å². The van der Waals surface area contributed by atoms with Gasteiger partial charge in [-0.25, -0.2) is 9.59 Å². The second kappa shape index (κ2) is 3.59. The van der Waals surface area contributed by atoms with Crippen LogP contribution in [0.15, 0.2) is 10.9 Å². The molecule has 0 fully saturated rings. The first kappa shape index (κ1) is 12.2. The molecule has 7 nitrogen and oxygen atoms in total. The number of carboxylic acids is 2. The Labute approximate surface area is 101 Å². The lowest BCUT2D eigenvalue weighted by Crippen LogP contribution is -2.42. The van der Waals surface area contributed by atoms with Crippen LogP contribution >= 0.6 is 0 Å². The molecular formula is C11H11NO6. The monoisotopic (exact) mass is 253 g/mol. The molecule has 0 bridgehead atoms. The molecule has 1 aliphatic heterocycles. The highest BCUT2D eigenvalue weighted by Gasteiger charge is 2.44. The summed E-state index contributed by atoms with van der Waals surface area (Å²) in [4.78, 5) is 34.1. The van der Waals surface area contributed by atoms with Gasteiger partial charge in [-0.2, -0.15) is 0 Å². The Kier molecular flexibility index (Phi) is 2.42. The van der Waals surface area contributed by atoms with Crippen molar-refractivity contribution in [2.75, 3.05) is 0 Å². The molecule has 0 amide bonds. The van der Waals surface area contributed by atoms with Crippen molar-refractivity contribution in [1.82, 2.24) is 4.57 Å². The van der Waals surface area contributed by atoms with Crippen LogP contribution in [-0.4, -0.2) is 31.8 Å². The number of hydrogen-bond acceptors (Lipinski definition) is 4. The Morgan fingerprint density at radius 3 is 2.50 bits per heavy atom. The Bertz CT molecular complexity index is 617. The Balaban J connectivity index is 2.84. The van der Waals surface area contributed by atoms with Gasteiger partial charge in [0.25, 0.3) is 5.56 Å². The van der Waals surface area contributed by atoms with Gasteiger partial charge in [0.05, 0.1) is 0 Å². The van der Waals surface area contributed by atoms with E-state index in [0.717, 1.165) is 10.6 Å². The summed E-state index contributed by atoms with van der Waals surface area (Å²) < 4.78 is 0.943. The fourth-order valence-electron chi connectivity index (χ4n) is 2.33. The van der Waals surface area contributed by atoms with Crippen LogP contribution in [0.1, 0.15) is 29.4 Å². The summed E-state index contributed by atoms with van der Waals surface area (Å²) in [6, 6.07) is 0.736. The average Bonchev–Trinajstić information content (AvgIpc) is 2.57. The first-order valence-electron chi connectivity index (χ1n) is 5.24. The van der Waals surface area contributed by atoms with Gasteiger partial charge in [0.2, 0.25) is 0 Å². The summed E-state index contributed by atoms with van der Waals surface area (Å²) in [5.41, 5.74) is -2.53. The third-order valence-corrected chi connectivity index (χ3v) is 3.31. The van der Waals surface area contributed by atoms with Gasteiger partial charge < -0.3 is 15.3 Å². The zero-order valence-electron chi connectivity index (χ0n) is 9.51. The maximum Gasteiger partial charge on any atom is 0.341 e. The minimum absolute atomic E-state index is 0.0531. The zero-order valence-corrected chi connectivity index (χ0v) is 9.51. The van der Waals surface area contributed by atoms with Gasteiger partial charge in [0, 0.05) is 11.8 Å². The van der Waals surface area contributed by atoms with Crippen molar-refractivity contribution in [2.45, 2.75) is 25.3 Å². The number of aliphatic carboxylic acids is 1. The van der Waals surface area contributed by atoms with E-state index >= 15 is 0 Å². The maximum absolute atomic E-state index is 11.8. The van der Waals surface area contributed by atoms with Crippen molar-refractivity contribution in [1.29, 1.82) is 0 Å². The van der Waals surface area contributed by atoms with Crippen LogP contribution in [0.2, 0.25) is 0 Å². The first-order valence-corrected chi connectivity index (χ1v) is 5.24. The third kappa shape index (κ3) is 1.40. The number of carboxylic acid groups (broad SMARTS) is 2. The number of fused-ring (bicyclic) bond motifs is 1. The Morgan fingerprint density at radius 1 is 1.39 bits per heavy atom. The molecule has 0 saturated carbocycles. The number of pyridine rings is 1. The topological polar surface area (TPSA) is 117 Å². The van der Waals surface area contributed by atoms with Crippen LogP contribution in [0.4, 0.5) is 0 Å². The molecule has 1 aromatic heterocycles. The minimum Gasteiger partial charge on any atom is -0.507 e. The fraction of sp³-hybridized carbons (Fsp3) is 0.364. The highest BCUT2D eigenvalue weighted by atomic mass is 16.4. The van der Waals surface area contributed by atoms with Gasteiger partial charge in [0.1, 0.15) is 16.9 Å². The van der Waals surface area contributed by atoms with Crippen molar-refractivity contribution in [3.05, 3.63) is 27.7 Å². The van der Waals surface area contributed by atoms with E-state index in [9.17, 15) is 24.6 Å². The molecular weight excluding hydrogens is 242 g/mol. The van der Waals surface area contributed by atoms with E-state index in [1.54, 1.807) is 0 Å². The van der Waals surface area contributed by atoms with Crippen molar-refractivity contribution in [2.24, 2.45) is 0 Å². The van der Waals surface area contributed by atoms with E-state index in [0.29, 0.717) is 0 Å². The lowest BCUT2D eigenvalue weighted by molar-refractivity contribution is -0.146. The van der Waals surface area contributed by atoms with E-state index in [4.69, 9.17) is 5.11 Å². The first-order chi connectivity index (χ1) is 8.29. The predicted octanol–water partition coefficient (Wildman–Crippen LogP) is -0.00190. The molecule has 0 spiro atoms. The molecule has 3 N–H and O–H groups in total. The molecule has 1 aliphatic rings.